The number of hydrogen-bond donors (Lipinski definition) is 1. The molecule has 1 atom stereocenters. The van der Waals surface area contributed by atoms with Gasteiger partial charge in [-0.05, 0) is 49.9 Å². The van der Waals surface area contributed by atoms with E-state index in [1.807, 2.05) is 36.5 Å². The largest absolute Gasteiger partial charge is 0.306 e. The lowest BCUT2D eigenvalue weighted by Crippen LogP contribution is -2.25. The maximum absolute atomic E-state index is 14.2. The van der Waals surface area contributed by atoms with Crippen molar-refractivity contribution < 1.29 is 9.18 Å². The molecular weight excluding hydrogens is 341 g/mol. The zero-order chi connectivity index (χ0) is 18.8. The molecule has 138 valence electrons. The van der Waals surface area contributed by atoms with E-state index in [1.165, 1.54) is 6.07 Å². The molecule has 5 heteroatoms. The second kappa shape index (κ2) is 7.45. The maximum Gasteiger partial charge on any atom is 0.159 e. The Morgan fingerprint density at radius 1 is 1.26 bits per heavy atom. The van der Waals surface area contributed by atoms with Crippen LogP contribution in [0.25, 0.3) is 5.69 Å². The van der Waals surface area contributed by atoms with E-state index >= 15 is 0 Å². The number of fused-ring (bicyclic) bond motifs is 1. The second-order valence-corrected chi connectivity index (χ2v) is 6.99. The normalized spacial score (nSPS) is 16.1. The predicted molar refractivity (Wildman–Crippen MR) is 102 cm³/mol. The van der Waals surface area contributed by atoms with Gasteiger partial charge >= 0.3 is 0 Å². The summed E-state index contributed by atoms with van der Waals surface area (Å²) in [5.74, 6) is -0.192. The Morgan fingerprint density at radius 2 is 2.11 bits per heavy atom. The molecule has 0 spiro atoms. The van der Waals surface area contributed by atoms with Crippen molar-refractivity contribution in [3.63, 3.8) is 0 Å². The number of aromatic nitrogens is 2. The van der Waals surface area contributed by atoms with Gasteiger partial charge in [-0.15, -0.1) is 0 Å². The number of rotatable bonds is 5. The van der Waals surface area contributed by atoms with E-state index in [0.717, 1.165) is 41.6 Å². The SMILES string of the molecule is CC(=O)c1cccc(CNC2CCCc3c2cnn3-c2ccccc2F)c1. The highest BCUT2D eigenvalue weighted by atomic mass is 19.1. The van der Waals surface area contributed by atoms with Gasteiger partial charge in [0.05, 0.1) is 6.20 Å². The molecule has 1 heterocycles. The Bertz CT molecular complexity index is 979. The Morgan fingerprint density at radius 3 is 2.93 bits per heavy atom. The number of para-hydroxylation sites is 1. The molecule has 0 amide bonds. The number of halogens is 1. The summed E-state index contributed by atoms with van der Waals surface area (Å²) in [5.41, 5.74) is 4.50. The number of carbonyl (C=O) groups is 1. The van der Waals surface area contributed by atoms with Crippen LogP contribution in [-0.2, 0) is 13.0 Å². The molecule has 1 aliphatic rings. The van der Waals surface area contributed by atoms with Gasteiger partial charge < -0.3 is 5.32 Å². The number of hydrogen-bond acceptors (Lipinski definition) is 3. The Labute approximate surface area is 158 Å². The van der Waals surface area contributed by atoms with E-state index in [-0.39, 0.29) is 17.6 Å². The van der Waals surface area contributed by atoms with Crippen LogP contribution in [0.3, 0.4) is 0 Å². The molecule has 1 aliphatic carbocycles. The van der Waals surface area contributed by atoms with Crippen molar-refractivity contribution in [2.75, 3.05) is 0 Å². The lowest BCUT2D eigenvalue weighted by Gasteiger charge is -2.24. The summed E-state index contributed by atoms with van der Waals surface area (Å²) in [7, 11) is 0. The van der Waals surface area contributed by atoms with Crippen LogP contribution in [0.5, 0.6) is 0 Å². The first-order valence-corrected chi connectivity index (χ1v) is 9.28. The lowest BCUT2D eigenvalue weighted by atomic mass is 9.92. The summed E-state index contributed by atoms with van der Waals surface area (Å²) in [6.07, 6.45) is 4.78. The molecule has 0 saturated carbocycles. The first-order valence-electron chi connectivity index (χ1n) is 9.28. The zero-order valence-electron chi connectivity index (χ0n) is 15.3. The molecule has 0 saturated heterocycles. The smallest absolute Gasteiger partial charge is 0.159 e. The maximum atomic E-state index is 14.2. The average Bonchev–Trinajstić information content (AvgIpc) is 3.11. The summed E-state index contributed by atoms with van der Waals surface area (Å²) in [6, 6.07) is 14.6. The van der Waals surface area contributed by atoms with E-state index in [9.17, 15) is 9.18 Å². The van der Waals surface area contributed by atoms with Crippen LogP contribution in [0.4, 0.5) is 4.39 Å². The molecule has 0 radical (unpaired) electrons. The molecule has 0 aliphatic heterocycles. The van der Waals surface area contributed by atoms with Gasteiger partial charge in [0.2, 0.25) is 0 Å². The fraction of sp³-hybridized carbons (Fsp3) is 0.273. The monoisotopic (exact) mass is 363 g/mol. The van der Waals surface area contributed by atoms with Gasteiger partial charge in [0.1, 0.15) is 11.5 Å². The van der Waals surface area contributed by atoms with E-state index in [4.69, 9.17) is 0 Å². The predicted octanol–water partition coefficient (Wildman–Crippen LogP) is 4.38. The Balaban J connectivity index is 1.55. The van der Waals surface area contributed by atoms with Gasteiger partial charge in [0.25, 0.3) is 0 Å². The summed E-state index contributed by atoms with van der Waals surface area (Å²) < 4.78 is 15.9. The minimum atomic E-state index is -0.264. The van der Waals surface area contributed by atoms with Crippen LogP contribution in [0.15, 0.2) is 54.7 Å². The molecule has 27 heavy (non-hydrogen) atoms. The Hall–Kier alpha value is -2.79. The average molecular weight is 363 g/mol. The molecule has 1 unspecified atom stereocenters. The fourth-order valence-corrected chi connectivity index (χ4v) is 3.74. The highest BCUT2D eigenvalue weighted by molar-refractivity contribution is 5.94. The molecule has 4 rings (SSSR count). The van der Waals surface area contributed by atoms with E-state index in [2.05, 4.69) is 10.4 Å². The third-order valence-corrected chi connectivity index (χ3v) is 5.15. The van der Waals surface area contributed by atoms with Crippen LogP contribution in [-0.4, -0.2) is 15.6 Å². The molecule has 3 aromatic rings. The lowest BCUT2D eigenvalue weighted by molar-refractivity contribution is 0.101. The quantitative estimate of drug-likeness (QED) is 0.684. The Kier molecular flexibility index (Phi) is 4.86. The topological polar surface area (TPSA) is 46.9 Å². The van der Waals surface area contributed by atoms with Crippen LogP contribution < -0.4 is 5.32 Å². The van der Waals surface area contributed by atoms with Crippen molar-refractivity contribution in [1.82, 2.24) is 15.1 Å². The van der Waals surface area contributed by atoms with Gasteiger partial charge in [-0.1, -0.05) is 30.3 Å². The third-order valence-electron chi connectivity index (χ3n) is 5.15. The van der Waals surface area contributed by atoms with Crippen molar-refractivity contribution in [2.24, 2.45) is 0 Å². The van der Waals surface area contributed by atoms with Gasteiger partial charge in [-0.3, -0.25) is 4.79 Å². The van der Waals surface area contributed by atoms with Gasteiger partial charge in [0.15, 0.2) is 5.78 Å². The molecular formula is C22H22FN3O. The third kappa shape index (κ3) is 3.55. The molecule has 1 N–H and O–H groups in total. The van der Waals surface area contributed by atoms with Crippen LogP contribution in [0, 0.1) is 5.82 Å². The van der Waals surface area contributed by atoms with Crippen molar-refractivity contribution in [2.45, 2.75) is 38.8 Å². The molecule has 0 fully saturated rings. The van der Waals surface area contributed by atoms with Crippen molar-refractivity contribution in [3.8, 4) is 5.69 Å². The number of carbonyl (C=O) groups excluding carboxylic acids is 1. The van der Waals surface area contributed by atoms with Crippen LogP contribution in [0.2, 0.25) is 0 Å². The molecule has 1 aromatic heterocycles. The highest BCUT2D eigenvalue weighted by Crippen LogP contribution is 2.31. The van der Waals surface area contributed by atoms with Crippen molar-refractivity contribution in [1.29, 1.82) is 0 Å². The molecule has 0 bridgehead atoms. The number of nitrogens with zero attached hydrogens (tertiary/aromatic N) is 2. The second-order valence-electron chi connectivity index (χ2n) is 6.99. The van der Waals surface area contributed by atoms with E-state index in [1.54, 1.807) is 23.7 Å². The fourth-order valence-electron chi connectivity index (χ4n) is 3.74. The van der Waals surface area contributed by atoms with Crippen LogP contribution >= 0.6 is 0 Å². The van der Waals surface area contributed by atoms with E-state index < -0.39 is 0 Å². The summed E-state index contributed by atoms with van der Waals surface area (Å²) in [4.78, 5) is 11.6. The summed E-state index contributed by atoms with van der Waals surface area (Å²) in [5, 5.41) is 8.04. The van der Waals surface area contributed by atoms with Crippen molar-refractivity contribution >= 4 is 5.78 Å². The summed E-state index contributed by atoms with van der Waals surface area (Å²) >= 11 is 0. The number of Topliss-reactive ketones (excluding diaryl/α,β-unsaturated/α-hetero) is 1. The highest BCUT2D eigenvalue weighted by Gasteiger charge is 2.25. The van der Waals surface area contributed by atoms with Crippen LogP contribution in [0.1, 0.15) is 53.0 Å². The van der Waals surface area contributed by atoms with E-state index in [0.29, 0.717) is 12.2 Å². The first kappa shape index (κ1) is 17.6. The molecule has 4 nitrogen and oxygen atoms in total. The first-order chi connectivity index (χ1) is 13.1. The zero-order valence-corrected chi connectivity index (χ0v) is 15.3. The minimum Gasteiger partial charge on any atom is -0.306 e. The van der Waals surface area contributed by atoms with Gasteiger partial charge in [-0.2, -0.15) is 5.10 Å². The molecule has 2 aromatic carbocycles. The number of nitrogens with one attached hydrogen (secondary N) is 1. The number of ketones is 1. The minimum absolute atomic E-state index is 0.0722. The van der Waals surface area contributed by atoms with Gasteiger partial charge in [-0.25, -0.2) is 9.07 Å². The standard InChI is InChI=1S/C22H22FN3O/c1-15(27)17-7-4-6-16(12-17)13-24-20-9-5-11-21-18(20)14-25-26(21)22-10-3-2-8-19(22)23/h2-4,6-8,10,12,14,20,24H,5,9,11,13H2,1H3. The number of benzene rings is 2. The summed E-state index contributed by atoms with van der Waals surface area (Å²) in [6.45, 7) is 2.26. The van der Waals surface area contributed by atoms with Gasteiger partial charge in [0, 0.05) is 29.4 Å². The van der Waals surface area contributed by atoms with Crippen molar-refractivity contribution in [3.05, 3.63) is 82.9 Å².